The van der Waals surface area contributed by atoms with Crippen molar-refractivity contribution in [1.29, 1.82) is 0 Å². The maximum atomic E-state index is 13.8. The first kappa shape index (κ1) is 26.6. The summed E-state index contributed by atoms with van der Waals surface area (Å²) in [4.78, 5) is 57.3. The molecule has 0 bridgehead atoms. The maximum absolute atomic E-state index is 13.8. The zero-order chi connectivity index (χ0) is 31.4. The number of carbonyl (C=O) groups excluding carboxylic acids is 4. The zero-order valence-corrected chi connectivity index (χ0v) is 25.1. The minimum Gasteiger partial charge on any atom is -0.506 e. The largest absolute Gasteiger partial charge is 0.506 e. The highest BCUT2D eigenvalue weighted by Crippen LogP contribution is 2.46. The molecule has 0 saturated carbocycles. The van der Waals surface area contributed by atoms with Gasteiger partial charge in [-0.3, -0.25) is 19.2 Å². The van der Waals surface area contributed by atoms with Gasteiger partial charge in [-0.1, -0.05) is 24.3 Å². The van der Waals surface area contributed by atoms with Crippen LogP contribution in [0.5, 0.6) is 11.5 Å². The molecule has 8 nitrogen and oxygen atoms in total. The molecule has 2 aliphatic rings. The van der Waals surface area contributed by atoms with E-state index in [9.17, 15) is 29.4 Å². The lowest BCUT2D eigenvalue weighted by molar-refractivity contribution is 0.0877. The van der Waals surface area contributed by atoms with E-state index in [1.165, 1.54) is 46.9 Å². The average molecular weight is 639 g/mol. The highest BCUT2D eigenvalue weighted by molar-refractivity contribution is 7.29. The number of amides is 4. The fourth-order valence-electron chi connectivity index (χ4n) is 6.57. The second kappa shape index (κ2) is 9.33. The second-order valence-corrected chi connectivity index (χ2v) is 13.2. The molecule has 220 valence electrons. The number of benzene rings is 6. The molecule has 0 aliphatic carbocycles. The van der Waals surface area contributed by atoms with Crippen LogP contribution in [-0.2, 0) is 0 Å². The Morgan fingerprint density at radius 2 is 0.696 bits per heavy atom. The van der Waals surface area contributed by atoms with Crippen LogP contribution in [-0.4, -0.2) is 33.8 Å². The lowest BCUT2D eigenvalue weighted by Gasteiger charge is -2.28. The third kappa shape index (κ3) is 3.42. The average Bonchev–Trinajstić information content (AvgIpc) is 3.05. The molecule has 0 atom stereocenters. The summed E-state index contributed by atoms with van der Waals surface area (Å²) in [7, 11) is 0. The van der Waals surface area contributed by atoms with E-state index in [2.05, 4.69) is 0 Å². The third-order valence-electron chi connectivity index (χ3n) is 8.59. The van der Waals surface area contributed by atoms with Crippen LogP contribution in [0.3, 0.4) is 0 Å². The van der Waals surface area contributed by atoms with Gasteiger partial charge in [0.15, 0.2) is 0 Å². The number of anilines is 2. The van der Waals surface area contributed by atoms with Crippen molar-refractivity contribution >= 4 is 98.0 Å². The summed E-state index contributed by atoms with van der Waals surface area (Å²) in [6.45, 7) is 0. The standard InChI is InChI=1S/C36H18N2O6S2/c39-23-7-3-1-5-21(23)37-33(41)17-9-13-25-31-26(14-10-18(29(17)31)34(37)42)46-28-16-12-20-30-19(11-15-27(45-25)32(28)30)35(43)38(36(20)44)22-6-2-4-8-24(22)40/h1-16,39-40H. The molecule has 4 amide bonds. The van der Waals surface area contributed by atoms with Crippen LogP contribution in [0.25, 0.3) is 40.3 Å². The maximum Gasteiger partial charge on any atom is 0.266 e. The van der Waals surface area contributed by atoms with Crippen LogP contribution < -0.4 is 9.80 Å². The van der Waals surface area contributed by atoms with Gasteiger partial charge in [-0.05, 0) is 72.8 Å². The SMILES string of the molecule is O=C1c2ccc3sc4ccc5c6c(ccc(sc7ccc(c2c37)C(=O)N1c1ccccc1O)c46)C(=O)N(c1ccccc1O)C5=O. The zero-order valence-electron chi connectivity index (χ0n) is 23.5. The Morgan fingerprint density at radius 3 is 1.00 bits per heavy atom. The number of phenols is 2. The Morgan fingerprint density at radius 1 is 0.391 bits per heavy atom. The van der Waals surface area contributed by atoms with E-state index in [1.54, 1.807) is 48.5 Å². The summed E-state index contributed by atoms with van der Waals surface area (Å²) < 4.78 is 3.26. The summed E-state index contributed by atoms with van der Waals surface area (Å²) in [6.07, 6.45) is 0. The minimum atomic E-state index is -0.523. The Balaban J connectivity index is 1.31. The fraction of sp³-hybridized carbons (Fsp3) is 0. The molecule has 2 aliphatic heterocycles. The highest BCUT2D eigenvalue weighted by atomic mass is 32.1. The third-order valence-corrected chi connectivity index (χ3v) is 10.8. The number of rotatable bonds is 2. The normalized spacial score (nSPS) is 14.3. The molecule has 0 fully saturated rings. The van der Waals surface area contributed by atoms with Crippen molar-refractivity contribution in [2.24, 2.45) is 0 Å². The van der Waals surface area contributed by atoms with Crippen LogP contribution in [0.15, 0.2) is 97.1 Å². The molecule has 2 N–H and O–H groups in total. The van der Waals surface area contributed by atoms with E-state index in [-0.39, 0.29) is 22.9 Å². The number of nitrogens with zero attached hydrogens (tertiary/aromatic N) is 2. The van der Waals surface area contributed by atoms with Crippen molar-refractivity contribution in [1.82, 2.24) is 0 Å². The number of aromatic hydroxyl groups is 2. The molecule has 6 aromatic carbocycles. The number of imide groups is 2. The molecule has 10 heteroatoms. The fourth-order valence-corrected chi connectivity index (χ4v) is 8.97. The molecular formula is C36H18N2O6S2. The predicted octanol–water partition coefficient (Wildman–Crippen LogP) is 8.00. The first-order chi connectivity index (χ1) is 22.3. The molecule has 1 aromatic heterocycles. The van der Waals surface area contributed by atoms with E-state index in [4.69, 9.17) is 0 Å². The van der Waals surface area contributed by atoms with Gasteiger partial charge >= 0.3 is 0 Å². The van der Waals surface area contributed by atoms with E-state index in [0.717, 1.165) is 39.4 Å². The van der Waals surface area contributed by atoms with E-state index < -0.39 is 23.6 Å². The van der Waals surface area contributed by atoms with Gasteiger partial charge in [0.1, 0.15) is 11.5 Å². The summed E-state index contributed by atoms with van der Waals surface area (Å²) in [5.74, 6) is -2.44. The molecular weight excluding hydrogens is 621 g/mol. The van der Waals surface area contributed by atoms with Gasteiger partial charge in [0.05, 0.1) is 11.4 Å². The molecule has 0 unspecified atom stereocenters. The smallest absolute Gasteiger partial charge is 0.266 e. The number of phenolic OH excluding ortho intramolecular Hbond substituents is 2. The predicted molar refractivity (Wildman–Crippen MR) is 180 cm³/mol. The monoisotopic (exact) mass is 638 g/mol. The molecule has 46 heavy (non-hydrogen) atoms. The van der Waals surface area contributed by atoms with Crippen molar-refractivity contribution in [3.63, 3.8) is 0 Å². The van der Waals surface area contributed by atoms with Crippen LogP contribution in [0.1, 0.15) is 41.4 Å². The number of hydrogen-bond acceptors (Lipinski definition) is 8. The summed E-state index contributed by atoms with van der Waals surface area (Å²) in [5, 5.41) is 23.6. The van der Waals surface area contributed by atoms with E-state index in [0.29, 0.717) is 33.0 Å². The molecule has 0 saturated heterocycles. The van der Waals surface area contributed by atoms with E-state index >= 15 is 0 Å². The highest BCUT2D eigenvalue weighted by Gasteiger charge is 2.38. The minimum absolute atomic E-state index is 0.119. The molecule has 0 spiro atoms. The number of carbonyl (C=O) groups is 4. The lowest BCUT2D eigenvalue weighted by atomic mass is 9.93. The van der Waals surface area contributed by atoms with Gasteiger partial charge in [0.25, 0.3) is 23.6 Å². The van der Waals surface area contributed by atoms with Gasteiger partial charge in [-0.25, -0.2) is 9.80 Å². The first-order valence-electron chi connectivity index (χ1n) is 14.2. The summed E-state index contributed by atoms with van der Waals surface area (Å²) in [5.41, 5.74) is 1.65. The summed E-state index contributed by atoms with van der Waals surface area (Å²) in [6, 6.07) is 26.7. The lowest BCUT2D eigenvalue weighted by Crippen LogP contribution is -2.40. The molecule has 3 heterocycles. The van der Waals surface area contributed by atoms with Gasteiger partial charge in [-0.2, -0.15) is 0 Å². The van der Waals surface area contributed by atoms with Gasteiger partial charge in [-0.15, -0.1) is 22.7 Å². The molecule has 0 radical (unpaired) electrons. The Labute approximate surface area is 267 Å². The van der Waals surface area contributed by atoms with Crippen molar-refractivity contribution in [3.05, 3.63) is 119 Å². The molecule has 7 aromatic rings. The summed E-state index contributed by atoms with van der Waals surface area (Å²) >= 11 is 2.89. The van der Waals surface area contributed by atoms with E-state index in [1.807, 2.05) is 24.3 Å². The van der Waals surface area contributed by atoms with Crippen LogP contribution >= 0.6 is 22.7 Å². The Kier molecular flexibility index (Phi) is 5.39. The van der Waals surface area contributed by atoms with Crippen LogP contribution in [0.4, 0.5) is 11.4 Å². The Hall–Kier alpha value is -5.84. The first-order valence-corrected chi connectivity index (χ1v) is 15.9. The van der Waals surface area contributed by atoms with Crippen molar-refractivity contribution < 1.29 is 29.4 Å². The van der Waals surface area contributed by atoms with Crippen molar-refractivity contribution in [2.75, 3.05) is 9.80 Å². The van der Waals surface area contributed by atoms with Crippen molar-refractivity contribution in [2.45, 2.75) is 0 Å². The van der Waals surface area contributed by atoms with Gasteiger partial charge < -0.3 is 10.2 Å². The van der Waals surface area contributed by atoms with Gasteiger partial charge in [0, 0.05) is 62.6 Å². The van der Waals surface area contributed by atoms with Gasteiger partial charge in [0.2, 0.25) is 0 Å². The molecule has 9 rings (SSSR count). The Bertz CT molecular complexity index is 2320. The van der Waals surface area contributed by atoms with Crippen molar-refractivity contribution in [3.8, 4) is 11.5 Å². The second-order valence-electron chi connectivity index (χ2n) is 11.0. The number of hydrogen-bond donors (Lipinski definition) is 2. The van der Waals surface area contributed by atoms with Crippen LogP contribution in [0.2, 0.25) is 0 Å². The topological polar surface area (TPSA) is 115 Å². The van der Waals surface area contributed by atoms with Crippen LogP contribution in [0, 0.1) is 0 Å². The quantitative estimate of drug-likeness (QED) is 0.186. The number of para-hydroxylation sites is 4.